The average molecular weight is 277 g/mol. The molecule has 1 aliphatic rings. The zero-order chi connectivity index (χ0) is 14.5. The Balaban J connectivity index is 2.16. The zero-order valence-electron chi connectivity index (χ0n) is 13.2. The minimum atomic E-state index is 0.704. The number of aromatic nitrogens is 1. The largest absolute Gasteiger partial charge is 0.384 e. The molecule has 1 aromatic heterocycles. The van der Waals surface area contributed by atoms with Gasteiger partial charge in [0.2, 0.25) is 0 Å². The fourth-order valence-corrected chi connectivity index (χ4v) is 3.05. The number of piperidine rings is 1. The van der Waals surface area contributed by atoms with E-state index in [1.807, 2.05) is 7.05 Å². The molecule has 1 aliphatic heterocycles. The second-order valence-electron chi connectivity index (χ2n) is 5.80. The Morgan fingerprint density at radius 1 is 1.35 bits per heavy atom. The van der Waals surface area contributed by atoms with E-state index in [0.29, 0.717) is 5.92 Å². The summed E-state index contributed by atoms with van der Waals surface area (Å²) in [7, 11) is 3.79. The normalized spacial score (nSPS) is 16.7. The number of pyridine rings is 1. The lowest BCUT2D eigenvalue weighted by Crippen LogP contribution is -2.36. The first kappa shape index (κ1) is 15.3. The van der Waals surface area contributed by atoms with E-state index in [0.717, 1.165) is 31.9 Å². The lowest BCUT2D eigenvalue weighted by Gasteiger charge is -2.34. The summed E-state index contributed by atoms with van der Waals surface area (Å²) in [6.45, 7) is 8.20. The van der Waals surface area contributed by atoms with Gasteiger partial charge >= 0.3 is 0 Å². The molecule has 0 spiro atoms. The average Bonchev–Trinajstić information content (AvgIpc) is 2.43. The van der Waals surface area contributed by atoms with Crippen molar-refractivity contribution in [1.29, 1.82) is 0 Å². The molecule has 0 unspecified atom stereocenters. The van der Waals surface area contributed by atoms with Crippen molar-refractivity contribution >= 4 is 5.82 Å². The fraction of sp³-hybridized carbons (Fsp3) is 0.688. The Bertz CT molecular complexity index is 440. The smallest absolute Gasteiger partial charge is 0.133 e. The van der Waals surface area contributed by atoms with Crippen molar-refractivity contribution in [2.24, 2.45) is 5.92 Å². The highest BCUT2D eigenvalue weighted by atomic mass is 16.5. The van der Waals surface area contributed by atoms with E-state index in [-0.39, 0.29) is 0 Å². The second-order valence-corrected chi connectivity index (χ2v) is 5.80. The highest BCUT2D eigenvalue weighted by Crippen LogP contribution is 2.27. The molecule has 2 heterocycles. The van der Waals surface area contributed by atoms with Gasteiger partial charge < -0.3 is 15.0 Å². The molecule has 4 nitrogen and oxygen atoms in total. The Hall–Kier alpha value is -1.13. The summed E-state index contributed by atoms with van der Waals surface area (Å²) in [5, 5.41) is 3.27. The number of ether oxygens (including phenoxy) is 1. The minimum Gasteiger partial charge on any atom is -0.384 e. The van der Waals surface area contributed by atoms with E-state index in [2.05, 4.69) is 30.1 Å². The molecule has 0 bridgehead atoms. The van der Waals surface area contributed by atoms with Crippen LogP contribution in [0.2, 0.25) is 0 Å². The van der Waals surface area contributed by atoms with Crippen molar-refractivity contribution in [1.82, 2.24) is 10.3 Å². The molecule has 1 saturated heterocycles. The van der Waals surface area contributed by atoms with E-state index < -0.39 is 0 Å². The number of methoxy groups -OCH3 is 1. The topological polar surface area (TPSA) is 37.4 Å². The van der Waals surface area contributed by atoms with Crippen LogP contribution < -0.4 is 10.2 Å². The summed E-state index contributed by atoms with van der Waals surface area (Å²) in [5.74, 6) is 1.88. The summed E-state index contributed by atoms with van der Waals surface area (Å²) < 4.78 is 5.28. The third-order valence-electron chi connectivity index (χ3n) is 4.12. The Labute approximate surface area is 122 Å². The van der Waals surface area contributed by atoms with Crippen molar-refractivity contribution in [3.63, 3.8) is 0 Å². The Kier molecular flexibility index (Phi) is 5.38. The van der Waals surface area contributed by atoms with Gasteiger partial charge in [-0.25, -0.2) is 4.98 Å². The lowest BCUT2D eigenvalue weighted by molar-refractivity contribution is 0.139. The molecular formula is C16H27N3O. The molecule has 0 aliphatic carbocycles. The van der Waals surface area contributed by atoms with Gasteiger partial charge in [0.15, 0.2) is 0 Å². The first-order valence-electron chi connectivity index (χ1n) is 7.51. The molecule has 1 aromatic rings. The van der Waals surface area contributed by atoms with Crippen molar-refractivity contribution < 1.29 is 4.74 Å². The summed E-state index contributed by atoms with van der Waals surface area (Å²) in [6, 6.07) is 2.17. The molecule has 0 aromatic carbocycles. The third-order valence-corrected chi connectivity index (χ3v) is 4.12. The van der Waals surface area contributed by atoms with E-state index >= 15 is 0 Å². The van der Waals surface area contributed by atoms with E-state index in [1.165, 1.54) is 29.8 Å². The van der Waals surface area contributed by atoms with Gasteiger partial charge in [0.25, 0.3) is 0 Å². The van der Waals surface area contributed by atoms with Gasteiger partial charge in [-0.3, -0.25) is 0 Å². The highest BCUT2D eigenvalue weighted by molar-refractivity contribution is 5.52. The van der Waals surface area contributed by atoms with E-state index in [1.54, 1.807) is 7.11 Å². The van der Waals surface area contributed by atoms with Crippen molar-refractivity contribution in [3.05, 3.63) is 22.9 Å². The van der Waals surface area contributed by atoms with Crippen LogP contribution in [-0.2, 0) is 11.3 Å². The standard InChI is InChI=1S/C16H27N3O/c1-12-9-13(2)18-16(15(12)10-17-3)19-7-5-14(6-8-19)11-20-4/h9,14,17H,5-8,10-11H2,1-4H3. The van der Waals surface area contributed by atoms with Gasteiger partial charge in [0, 0.05) is 44.6 Å². The summed E-state index contributed by atoms with van der Waals surface area (Å²) in [6.07, 6.45) is 2.39. The van der Waals surface area contributed by atoms with Crippen molar-refractivity contribution in [2.75, 3.05) is 38.8 Å². The van der Waals surface area contributed by atoms with E-state index in [4.69, 9.17) is 9.72 Å². The van der Waals surface area contributed by atoms with Crippen molar-refractivity contribution in [3.8, 4) is 0 Å². The maximum Gasteiger partial charge on any atom is 0.133 e. The monoisotopic (exact) mass is 277 g/mol. The number of nitrogens with zero attached hydrogens (tertiary/aromatic N) is 2. The molecule has 1 fully saturated rings. The van der Waals surface area contributed by atoms with E-state index in [9.17, 15) is 0 Å². The number of nitrogens with one attached hydrogen (secondary N) is 1. The summed E-state index contributed by atoms with van der Waals surface area (Å²) >= 11 is 0. The molecule has 0 radical (unpaired) electrons. The highest BCUT2D eigenvalue weighted by Gasteiger charge is 2.22. The summed E-state index contributed by atoms with van der Waals surface area (Å²) in [4.78, 5) is 7.25. The van der Waals surface area contributed by atoms with Crippen LogP contribution in [0.4, 0.5) is 5.82 Å². The predicted octanol–water partition coefficient (Wildman–Crippen LogP) is 2.28. The third kappa shape index (κ3) is 3.49. The van der Waals surface area contributed by atoms with Crippen LogP contribution in [-0.4, -0.2) is 38.8 Å². The van der Waals surface area contributed by atoms with Gasteiger partial charge in [-0.1, -0.05) is 0 Å². The maximum absolute atomic E-state index is 5.28. The molecule has 112 valence electrons. The molecule has 20 heavy (non-hydrogen) atoms. The summed E-state index contributed by atoms with van der Waals surface area (Å²) in [5.41, 5.74) is 3.78. The fourth-order valence-electron chi connectivity index (χ4n) is 3.05. The quantitative estimate of drug-likeness (QED) is 0.896. The number of rotatable bonds is 5. The van der Waals surface area contributed by atoms with Gasteiger partial charge in [0.1, 0.15) is 5.82 Å². The van der Waals surface area contributed by atoms with Crippen LogP contribution in [0.25, 0.3) is 0 Å². The molecule has 0 amide bonds. The molecule has 0 atom stereocenters. The number of aryl methyl sites for hydroxylation is 2. The predicted molar refractivity (Wildman–Crippen MR) is 83.3 cm³/mol. The Morgan fingerprint density at radius 2 is 2.05 bits per heavy atom. The zero-order valence-corrected chi connectivity index (χ0v) is 13.2. The Morgan fingerprint density at radius 3 is 2.65 bits per heavy atom. The van der Waals surface area contributed by atoms with Crippen LogP contribution in [0.5, 0.6) is 0 Å². The van der Waals surface area contributed by atoms with Crippen LogP contribution in [0.15, 0.2) is 6.07 Å². The molecular weight excluding hydrogens is 250 g/mol. The number of hydrogen-bond donors (Lipinski definition) is 1. The van der Waals surface area contributed by atoms with Gasteiger partial charge in [0.05, 0.1) is 0 Å². The lowest BCUT2D eigenvalue weighted by atomic mass is 9.97. The first-order chi connectivity index (χ1) is 9.65. The molecule has 4 heteroatoms. The van der Waals surface area contributed by atoms with Gasteiger partial charge in [-0.05, 0) is 51.3 Å². The SMILES string of the molecule is CNCc1c(C)cc(C)nc1N1CCC(COC)CC1. The molecule has 2 rings (SSSR count). The first-order valence-corrected chi connectivity index (χ1v) is 7.51. The van der Waals surface area contributed by atoms with Crippen molar-refractivity contribution in [2.45, 2.75) is 33.2 Å². The van der Waals surface area contributed by atoms with Crippen LogP contribution in [0, 0.1) is 19.8 Å². The van der Waals surface area contributed by atoms with Gasteiger partial charge in [-0.2, -0.15) is 0 Å². The van der Waals surface area contributed by atoms with Crippen LogP contribution in [0.3, 0.4) is 0 Å². The number of hydrogen-bond acceptors (Lipinski definition) is 4. The van der Waals surface area contributed by atoms with Gasteiger partial charge in [-0.15, -0.1) is 0 Å². The second kappa shape index (κ2) is 7.04. The minimum absolute atomic E-state index is 0.704. The molecule has 0 saturated carbocycles. The maximum atomic E-state index is 5.28. The number of anilines is 1. The van der Waals surface area contributed by atoms with Crippen LogP contribution >= 0.6 is 0 Å². The van der Waals surface area contributed by atoms with Crippen LogP contribution in [0.1, 0.15) is 29.7 Å². The molecule has 1 N–H and O–H groups in total.